The van der Waals surface area contributed by atoms with Gasteiger partial charge in [-0.1, -0.05) is 44.2 Å². The molecular formula is C18H24N2S. The highest BCUT2D eigenvalue weighted by Gasteiger charge is 2.24. The van der Waals surface area contributed by atoms with Gasteiger partial charge in [-0.3, -0.25) is 0 Å². The maximum absolute atomic E-state index is 4.92. The molecule has 0 unspecified atom stereocenters. The third-order valence-corrected chi connectivity index (χ3v) is 4.95. The first-order valence-electron chi connectivity index (χ1n) is 7.97. The van der Waals surface area contributed by atoms with E-state index in [1.165, 1.54) is 40.4 Å². The van der Waals surface area contributed by atoms with Crippen LogP contribution in [0.3, 0.4) is 0 Å². The number of nitrogens with one attached hydrogen (secondary N) is 1. The lowest BCUT2D eigenvalue weighted by molar-refractivity contribution is 0.549. The third kappa shape index (κ3) is 4.14. The van der Waals surface area contributed by atoms with Crippen LogP contribution in [0.5, 0.6) is 0 Å². The van der Waals surface area contributed by atoms with Crippen molar-refractivity contribution >= 4 is 11.3 Å². The van der Waals surface area contributed by atoms with Crippen LogP contribution in [0.1, 0.15) is 37.4 Å². The van der Waals surface area contributed by atoms with Gasteiger partial charge in [0, 0.05) is 13.0 Å². The van der Waals surface area contributed by atoms with Gasteiger partial charge in [-0.05, 0) is 36.8 Å². The van der Waals surface area contributed by atoms with E-state index in [9.17, 15) is 0 Å². The molecule has 2 aromatic rings. The van der Waals surface area contributed by atoms with E-state index in [0.29, 0.717) is 5.92 Å². The Balaban J connectivity index is 1.79. The van der Waals surface area contributed by atoms with E-state index in [-0.39, 0.29) is 0 Å². The minimum atomic E-state index is 0.676. The average Bonchev–Trinajstić information content (AvgIpc) is 3.19. The molecule has 3 heteroatoms. The van der Waals surface area contributed by atoms with Gasteiger partial charge in [0.2, 0.25) is 0 Å². The van der Waals surface area contributed by atoms with Crippen LogP contribution in [0, 0.1) is 11.8 Å². The molecule has 1 aromatic heterocycles. The minimum Gasteiger partial charge on any atom is -0.311 e. The molecule has 21 heavy (non-hydrogen) atoms. The Bertz CT molecular complexity index is 570. The topological polar surface area (TPSA) is 24.9 Å². The molecular weight excluding hydrogens is 276 g/mol. The van der Waals surface area contributed by atoms with Crippen molar-refractivity contribution in [1.29, 1.82) is 0 Å². The maximum Gasteiger partial charge on any atom is 0.0938 e. The number of thiazole rings is 1. The zero-order chi connectivity index (χ0) is 14.7. The van der Waals surface area contributed by atoms with Gasteiger partial charge in [0.1, 0.15) is 0 Å². The zero-order valence-electron chi connectivity index (χ0n) is 12.9. The van der Waals surface area contributed by atoms with Gasteiger partial charge in [0.05, 0.1) is 15.6 Å². The van der Waals surface area contributed by atoms with Crippen molar-refractivity contribution in [2.75, 3.05) is 6.54 Å². The van der Waals surface area contributed by atoms with Gasteiger partial charge in [-0.25, -0.2) is 4.98 Å². The van der Waals surface area contributed by atoms with Crippen LogP contribution >= 0.6 is 11.3 Å². The van der Waals surface area contributed by atoms with Crippen LogP contribution < -0.4 is 5.32 Å². The van der Waals surface area contributed by atoms with Crippen molar-refractivity contribution in [2.45, 2.75) is 39.7 Å². The molecule has 1 aliphatic carbocycles. The Morgan fingerprint density at radius 3 is 2.67 bits per heavy atom. The fourth-order valence-electron chi connectivity index (χ4n) is 2.47. The fraction of sp³-hybridized carbons (Fsp3) is 0.500. The second-order valence-electron chi connectivity index (χ2n) is 6.42. The standard InChI is InChI=1S/C18H24N2S/c1-13(2)11-19-12-16-18(15-6-4-3-5-7-15)21-17(20-16)10-14-8-9-14/h3-7,13-14,19H,8-12H2,1-2H3. The molecule has 0 amide bonds. The molecule has 1 fully saturated rings. The van der Waals surface area contributed by atoms with Crippen molar-refractivity contribution in [3.8, 4) is 10.4 Å². The van der Waals surface area contributed by atoms with E-state index in [4.69, 9.17) is 4.98 Å². The predicted molar refractivity (Wildman–Crippen MR) is 90.5 cm³/mol. The maximum atomic E-state index is 4.92. The van der Waals surface area contributed by atoms with Gasteiger partial charge in [-0.2, -0.15) is 0 Å². The highest BCUT2D eigenvalue weighted by atomic mass is 32.1. The van der Waals surface area contributed by atoms with Gasteiger partial charge in [0.25, 0.3) is 0 Å². The van der Waals surface area contributed by atoms with E-state index in [0.717, 1.165) is 19.0 Å². The van der Waals surface area contributed by atoms with Crippen molar-refractivity contribution in [3.05, 3.63) is 41.0 Å². The lowest BCUT2D eigenvalue weighted by Crippen LogP contribution is -2.19. The van der Waals surface area contributed by atoms with E-state index >= 15 is 0 Å². The van der Waals surface area contributed by atoms with Crippen molar-refractivity contribution in [1.82, 2.24) is 10.3 Å². The van der Waals surface area contributed by atoms with Gasteiger partial charge >= 0.3 is 0 Å². The molecule has 0 spiro atoms. The van der Waals surface area contributed by atoms with Crippen LogP contribution in [0.25, 0.3) is 10.4 Å². The number of hydrogen-bond donors (Lipinski definition) is 1. The lowest BCUT2D eigenvalue weighted by Gasteiger charge is -2.07. The summed E-state index contributed by atoms with van der Waals surface area (Å²) in [4.78, 5) is 6.27. The number of benzene rings is 1. The Hall–Kier alpha value is -1.19. The van der Waals surface area contributed by atoms with Gasteiger partial charge in [-0.15, -0.1) is 11.3 Å². The van der Waals surface area contributed by atoms with Crippen molar-refractivity contribution < 1.29 is 0 Å². The first-order chi connectivity index (χ1) is 10.2. The Morgan fingerprint density at radius 1 is 1.24 bits per heavy atom. The molecule has 0 atom stereocenters. The van der Waals surface area contributed by atoms with E-state index in [1.54, 1.807) is 0 Å². The first kappa shape index (κ1) is 14.7. The summed E-state index contributed by atoms with van der Waals surface area (Å²) in [5, 5.41) is 4.86. The average molecular weight is 300 g/mol. The van der Waals surface area contributed by atoms with Crippen molar-refractivity contribution in [3.63, 3.8) is 0 Å². The van der Waals surface area contributed by atoms with E-state index < -0.39 is 0 Å². The van der Waals surface area contributed by atoms with Crippen LogP contribution in [0.4, 0.5) is 0 Å². The molecule has 1 heterocycles. The molecule has 0 radical (unpaired) electrons. The molecule has 0 aliphatic heterocycles. The molecule has 2 nitrogen and oxygen atoms in total. The summed E-state index contributed by atoms with van der Waals surface area (Å²) >= 11 is 1.89. The molecule has 1 aromatic carbocycles. The molecule has 0 bridgehead atoms. The van der Waals surface area contributed by atoms with Crippen LogP contribution in [0.15, 0.2) is 30.3 Å². The molecule has 1 aliphatic rings. The molecule has 0 saturated heterocycles. The van der Waals surface area contributed by atoms with Crippen LogP contribution in [0.2, 0.25) is 0 Å². The third-order valence-electron chi connectivity index (χ3n) is 3.78. The van der Waals surface area contributed by atoms with Crippen LogP contribution in [-0.4, -0.2) is 11.5 Å². The molecule has 3 rings (SSSR count). The summed E-state index contributed by atoms with van der Waals surface area (Å²) in [5.41, 5.74) is 2.53. The van der Waals surface area contributed by atoms with Crippen LogP contribution in [-0.2, 0) is 13.0 Å². The summed E-state index contributed by atoms with van der Waals surface area (Å²) in [5.74, 6) is 1.57. The van der Waals surface area contributed by atoms with E-state index in [1.807, 2.05) is 11.3 Å². The Labute approximate surface area is 131 Å². The fourth-order valence-corrected chi connectivity index (χ4v) is 3.67. The minimum absolute atomic E-state index is 0.676. The first-order valence-corrected chi connectivity index (χ1v) is 8.78. The number of aromatic nitrogens is 1. The largest absolute Gasteiger partial charge is 0.311 e. The highest BCUT2D eigenvalue weighted by Crippen LogP contribution is 2.37. The molecule has 112 valence electrons. The number of rotatable bonds is 7. The quantitative estimate of drug-likeness (QED) is 0.814. The summed E-state index contributed by atoms with van der Waals surface area (Å²) < 4.78 is 0. The van der Waals surface area contributed by atoms with Gasteiger partial charge < -0.3 is 5.32 Å². The van der Waals surface area contributed by atoms with E-state index in [2.05, 4.69) is 49.5 Å². The highest BCUT2D eigenvalue weighted by molar-refractivity contribution is 7.15. The molecule has 1 saturated carbocycles. The second-order valence-corrected chi connectivity index (χ2v) is 7.51. The van der Waals surface area contributed by atoms with Gasteiger partial charge in [0.15, 0.2) is 0 Å². The summed E-state index contributed by atoms with van der Waals surface area (Å²) in [6.07, 6.45) is 3.96. The van der Waals surface area contributed by atoms with Crippen molar-refractivity contribution in [2.24, 2.45) is 11.8 Å². The molecule has 1 N–H and O–H groups in total. The SMILES string of the molecule is CC(C)CNCc1nc(CC2CC2)sc1-c1ccccc1. The lowest BCUT2D eigenvalue weighted by atomic mass is 10.1. The number of hydrogen-bond acceptors (Lipinski definition) is 3. The zero-order valence-corrected chi connectivity index (χ0v) is 13.7. The Kier molecular flexibility index (Phi) is 4.71. The Morgan fingerprint density at radius 2 is 2.00 bits per heavy atom. The number of nitrogens with zero attached hydrogens (tertiary/aromatic N) is 1. The monoisotopic (exact) mass is 300 g/mol. The second kappa shape index (κ2) is 6.71. The summed E-state index contributed by atoms with van der Waals surface area (Å²) in [6.45, 7) is 6.41. The summed E-state index contributed by atoms with van der Waals surface area (Å²) in [6, 6.07) is 10.7. The smallest absolute Gasteiger partial charge is 0.0938 e. The summed E-state index contributed by atoms with van der Waals surface area (Å²) in [7, 11) is 0. The normalized spacial score (nSPS) is 14.8. The predicted octanol–water partition coefficient (Wildman–Crippen LogP) is 4.51.